The van der Waals surface area contributed by atoms with Crippen molar-refractivity contribution in [2.24, 2.45) is 5.73 Å². The standard InChI is InChI=1S/C17H29F3N2O9/c18-17(19,20)15(25)22-11-12(23)13(24)16(10-30-14(11)31-16)9-29-8-7-28-6-5-27-4-3-26-2-1-21/h11-14,23-24H,1-10,21H2,(H,22,25)/t11-,12-,13-,14-,16+/m1/s1. The molecule has 2 aliphatic heterocycles. The van der Waals surface area contributed by atoms with Crippen LogP contribution < -0.4 is 11.1 Å². The largest absolute Gasteiger partial charge is 0.471 e. The van der Waals surface area contributed by atoms with Crippen LogP contribution in [0, 0.1) is 0 Å². The number of rotatable bonds is 14. The molecule has 0 aromatic carbocycles. The summed E-state index contributed by atoms with van der Waals surface area (Å²) < 4.78 is 69.2. The van der Waals surface area contributed by atoms with Crippen LogP contribution in [0.1, 0.15) is 0 Å². The van der Waals surface area contributed by atoms with Crippen molar-refractivity contribution in [2.75, 3.05) is 66.0 Å². The van der Waals surface area contributed by atoms with Crippen LogP contribution in [0.3, 0.4) is 0 Å². The molecule has 2 saturated heterocycles. The second-order valence-electron chi connectivity index (χ2n) is 6.97. The number of ether oxygens (including phenoxy) is 6. The van der Waals surface area contributed by atoms with Crippen LogP contribution in [0.2, 0.25) is 0 Å². The van der Waals surface area contributed by atoms with Gasteiger partial charge in [-0.2, -0.15) is 13.2 Å². The molecule has 0 unspecified atom stereocenters. The molecule has 0 saturated carbocycles. The summed E-state index contributed by atoms with van der Waals surface area (Å²) in [6.45, 7) is 2.42. The highest BCUT2D eigenvalue weighted by atomic mass is 19.4. The maximum atomic E-state index is 12.5. The summed E-state index contributed by atoms with van der Waals surface area (Å²) in [4.78, 5) is 11.1. The summed E-state index contributed by atoms with van der Waals surface area (Å²) >= 11 is 0. The van der Waals surface area contributed by atoms with Gasteiger partial charge in [0.15, 0.2) is 6.29 Å². The molecule has 0 aromatic heterocycles. The Balaban J connectivity index is 1.64. The number of amides is 1. The molecule has 0 radical (unpaired) electrons. The van der Waals surface area contributed by atoms with Crippen molar-refractivity contribution in [3.8, 4) is 0 Å². The summed E-state index contributed by atoms with van der Waals surface area (Å²) in [6, 6.07) is -1.58. The minimum atomic E-state index is -5.15. The first kappa shape index (κ1) is 26.2. The number of aliphatic hydroxyl groups is 2. The van der Waals surface area contributed by atoms with Crippen LogP contribution in [0.4, 0.5) is 13.2 Å². The van der Waals surface area contributed by atoms with Crippen molar-refractivity contribution in [2.45, 2.75) is 36.3 Å². The topological polar surface area (TPSA) is 151 Å². The summed E-state index contributed by atoms with van der Waals surface area (Å²) in [5, 5.41) is 22.1. The third kappa shape index (κ3) is 7.47. The monoisotopic (exact) mass is 462 g/mol. The number of alkyl halides is 3. The lowest BCUT2D eigenvalue weighted by molar-refractivity contribution is -0.240. The molecule has 182 valence electrons. The number of carbonyl (C=O) groups excluding carboxylic acids is 1. The Morgan fingerprint density at radius 1 is 1.03 bits per heavy atom. The SMILES string of the molecule is NCCOCCOCCOCCOC[C@@]12CO[C@H](O1)[C@H](NC(=O)C(F)(F)F)[C@@H](O)[C@H]2O. The van der Waals surface area contributed by atoms with Crippen LogP contribution in [0.25, 0.3) is 0 Å². The van der Waals surface area contributed by atoms with Gasteiger partial charge in [-0.25, -0.2) is 0 Å². The highest BCUT2D eigenvalue weighted by molar-refractivity contribution is 5.82. The summed E-state index contributed by atoms with van der Waals surface area (Å²) in [5.41, 5.74) is 3.81. The maximum Gasteiger partial charge on any atom is 0.471 e. The number of nitrogens with one attached hydrogen (secondary N) is 1. The Morgan fingerprint density at radius 2 is 1.58 bits per heavy atom. The second-order valence-corrected chi connectivity index (χ2v) is 6.97. The van der Waals surface area contributed by atoms with E-state index in [0.29, 0.717) is 39.6 Å². The molecular weight excluding hydrogens is 433 g/mol. The van der Waals surface area contributed by atoms with E-state index in [2.05, 4.69) is 0 Å². The zero-order valence-electron chi connectivity index (χ0n) is 16.8. The van der Waals surface area contributed by atoms with Crippen LogP contribution in [0.15, 0.2) is 0 Å². The summed E-state index contributed by atoms with van der Waals surface area (Å²) in [7, 11) is 0. The molecule has 14 heteroatoms. The Kier molecular flexibility index (Phi) is 10.3. The first-order valence-electron chi connectivity index (χ1n) is 9.75. The van der Waals surface area contributed by atoms with Gasteiger partial charge in [0.1, 0.15) is 23.9 Å². The Labute approximate surface area is 176 Å². The second kappa shape index (κ2) is 12.2. The summed E-state index contributed by atoms with van der Waals surface area (Å²) in [5.74, 6) is -2.27. The number of fused-ring (bicyclic) bond motifs is 2. The average Bonchev–Trinajstić information content (AvgIpc) is 3.12. The first-order valence-corrected chi connectivity index (χ1v) is 9.75. The molecule has 31 heavy (non-hydrogen) atoms. The molecule has 2 bridgehead atoms. The molecule has 2 heterocycles. The smallest absolute Gasteiger partial charge is 0.388 e. The van der Waals surface area contributed by atoms with Crippen molar-refractivity contribution >= 4 is 5.91 Å². The zero-order chi connectivity index (χ0) is 22.9. The molecular formula is C17H29F3N2O9. The van der Waals surface area contributed by atoms with E-state index in [-0.39, 0.29) is 26.4 Å². The van der Waals surface area contributed by atoms with Crippen LogP contribution in [0.5, 0.6) is 0 Å². The molecule has 5 atom stereocenters. The average molecular weight is 462 g/mol. The number of carbonyl (C=O) groups is 1. The van der Waals surface area contributed by atoms with Crippen molar-refractivity contribution in [3.63, 3.8) is 0 Å². The van der Waals surface area contributed by atoms with Crippen molar-refractivity contribution < 1.29 is 56.6 Å². The van der Waals surface area contributed by atoms with Crippen molar-refractivity contribution in [3.05, 3.63) is 0 Å². The highest BCUT2D eigenvalue weighted by Crippen LogP contribution is 2.37. The lowest BCUT2D eigenvalue weighted by atomic mass is 9.88. The number of halogens is 3. The van der Waals surface area contributed by atoms with Gasteiger partial charge in [-0.15, -0.1) is 0 Å². The molecule has 5 N–H and O–H groups in total. The van der Waals surface area contributed by atoms with E-state index in [1.54, 1.807) is 5.32 Å². The van der Waals surface area contributed by atoms with E-state index in [1.807, 2.05) is 0 Å². The third-order valence-electron chi connectivity index (χ3n) is 4.65. The number of hydrogen-bond acceptors (Lipinski definition) is 10. The van der Waals surface area contributed by atoms with Gasteiger partial charge < -0.3 is 49.7 Å². The molecule has 0 aromatic rings. The predicted octanol–water partition coefficient (Wildman–Crippen LogP) is -2.09. The Hall–Kier alpha value is -1.10. The predicted molar refractivity (Wildman–Crippen MR) is 95.9 cm³/mol. The molecule has 0 spiro atoms. The normalized spacial score (nSPS) is 30.5. The highest BCUT2D eigenvalue weighted by Gasteiger charge is 2.60. The number of hydrogen-bond donors (Lipinski definition) is 4. The molecule has 0 aliphatic carbocycles. The molecule has 2 rings (SSSR count). The van der Waals surface area contributed by atoms with E-state index in [1.165, 1.54) is 0 Å². The van der Waals surface area contributed by atoms with Gasteiger partial charge >= 0.3 is 12.1 Å². The minimum absolute atomic E-state index is 0.131. The molecule has 11 nitrogen and oxygen atoms in total. The fourth-order valence-corrected chi connectivity index (χ4v) is 3.06. The van der Waals surface area contributed by atoms with Gasteiger partial charge in [-0.05, 0) is 0 Å². The van der Waals surface area contributed by atoms with Gasteiger partial charge in [-0.3, -0.25) is 4.79 Å². The lowest BCUT2D eigenvalue weighted by Gasteiger charge is -2.42. The van der Waals surface area contributed by atoms with Crippen molar-refractivity contribution in [1.82, 2.24) is 5.32 Å². The fraction of sp³-hybridized carbons (Fsp3) is 0.941. The van der Waals surface area contributed by atoms with E-state index < -0.39 is 42.2 Å². The van der Waals surface area contributed by atoms with Gasteiger partial charge in [-0.1, -0.05) is 0 Å². The van der Waals surface area contributed by atoms with Gasteiger partial charge in [0.05, 0.1) is 59.5 Å². The van der Waals surface area contributed by atoms with E-state index in [4.69, 9.17) is 34.2 Å². The maximum absolute atomic E-state index is 12.5. The molecule has 2 aliphatic rings. The number of aliphatic hydroxyl groups excluding tert-OH is 2. The van der Waals surface area contributed by atoms with E-state index in [0.717, 1.165) is 0 Å². The third-order valence-corrected chi connectivity index (χ3v) is 4.65. The van der Waals surface area contributed by atoms with Gasteiger partial charge in [0.25, 0.3) is 0 Å². The zero-order valence-corrected chi connectivity index (χ0v) is 16.8. The lowest BCUT2D eigenvalue weighted by Crippen LogP contribution is -2.67. The van der Waals surface area contributed by atoms with Crippen molar-refractivity contribution in [1.29, 1.82) is 0 Å². The van der Waals surface area contributed by atoms with Crippen LogP contribution in [-0.2, 0) is 33.2 Å². The Morgan fingerprint density at radius 3 is 2.13 bits per heavy atom. The van der Waals surface area contributed by atoms with Gasteiger partial charge in [0, 0.05) is 6.54 Å². The Bertz CT molecular complexity index is 557. The number of nitrogens with two attached hydrogens (primary N) is 1. The first-order chi connectivity index (χ1) is 14.7. The van der Waals surface area contributed by atoms with E-state index >= 15 is 0 Å². The summed E-state index contributed by atoms with van der Waals surface area (Å²) in [6.07, 6.45) is -9.88. The molecule has 2 fully saturated rings. The minimum Gasteiger partial charge on any atom is -0.388 e. The van der Waals surface area contributed by atoms with Gasteiger partial charge in [0.2, 0.25) is 0 Å². The quantitative estimate of drug-likeness (QED) is 0.212. The van der Waals surface area contributed by atoms with E-state index in [9.17, 15) is 28.2 Å². The molecule has 1 amide bonds. The van der Waals surface area contributed by atoms with Crippen LogP contribution in [-0.4, -0.2) is 118 Å². The fourth-order valence-electron chi connectivity index (χ4n) is 3.06. The van der Waals surface area contributed by atoms with Crippen LogP contribution >= 0.6 is 0 Å².